The maximum atomic E-state index is 11.3. The van der Waals surface area contributed by atoms with Gasteiger partial charge in [-0.15, -0.1) is 0 Å². The van der Waals surface area contributed by atoms with Crippen LogP contribution in [0.4, 0.5) is 0 Å². The molecule has 104 valence electrons. The van der Waals surface area contributed by atoms with Crippen LogP contribution >= 0.6 is 0 Å². The Bertz CT molecular complexity index is 292. The largest absolute Gasteiger partial charge is 0.481 e. The molecule has 2 atom stereocenters. The summed E-state index contributed by atoms with van der Waals surface area (Å²) < 4.78 is 0. The first-order valence-corrected chi connectivity index (χ1v) is 6.66. The van der Waals surface area contributed by atoms with Gasteiger partial charge in [-0.05, 0) is 38.3 Å². The van der Waals surface area contributed by atoms with E-state index < -0.39 is 5.97 Å². The summed E-state index contributed by atoms with van der Waals surface area (Å²) in [6.45, 7) is 1.54. The average molecular weight is 256 g/mol. The van der Waals surface area contributed by atoms with E-state index >= 15 is 0 Å². The van der Waals surface area contributed by atoms with Crippen molar-refractivity contribution in [1.82, 2.24) is 10.2 Å². The maximum Gasteiger partial charge on any atom is 0.306 e. The zero-order valence-electron chi connectivity index (χ0n) is 11.3. The molecule has 1 aliphatic carbocycles. The summed E-state index contributed by atoms with van der Waals surface area (Å²) >= 11 is 0. The lowest BCUT2D eigenvalue weighted by Gasteiger charge is -2.16. The van der Waals surface area contributed by atoms with Crippen LogP contribution in [0.2, 0.25) is 0 Å². The quantitative estimate of drug-likeness (QED) is 0.665. The third-order valence-corrected chi connectivity index (χ3v) is 3.63. The molecule has 0 saturated heterocycles. The van der Waals surface area contributed by atoms with Gasteiger partial charge >= 0.3 is 5.97 Å². The van der Waals surface area contributed by atoms with Gasteiger partial charge in [-0.3, -0.25) is 9.59 Å². The van der Waals surface area contributed by atoms with E-state index in [4.69, 9.17) is 5.11 Å². The number of nitrogens with zero attached hydrogens (tertiary/aromatic N) is 1. The van der Waals surface area contributed by atoms with Crippen molar-refractivity contribution in [2.24, 2.45) is 11.8 Å². The van der Waals surface area contributed by atoms with Crippen molar-refractivity contribution in [3.05, 3.63) is 0 Å². The highest BCUT2D eigenvalue weighted by molar-refractivity contribution is 5.75. The highest BCUT2D eigenvalue weighted by atomic mass is 16.4. The highest BCUT2D eigenvalue weighted by Gasteiger charge is 2.32. The molecule has 0 heterocycles. The fourth-order valence-electron chi connectivity index (χ4n) is 2.48. The van der Waals surface area contributed by atoms with E-state index in [2.05, 4.69) is 5.32 Å². The van der Waals surface area contributed by atoms with Gasteiger partial charge in [0, 0.05) is 20.5 Å². The summed E-state index contributed by atoms with van der Waals surface area (Å²) in [6.07, 6.45) is 4.18. The van der Waals surface area contributed by atoms with Crippen LogP contribution in [0, 0.1) is 11.8 Å². The fourth-order valence-corrected chi connectivity index (χ4v) is 2.48. The Labute approximate surface area is 109 Å². The fraction of sp³-hybridized carbons (Fsp3) is 0.846. The minimum Gasteiger partial charge on any atom is -0.481 e. The minimum absolute atomic E-state index is 0.140. The Morgan fingerprint density at radius 1 is 1.33 bits per heavy atom. The first-order chi connectivity index (χ1) is 8.52. The van der Waals surface area contributed by atoms with Crippen LogP contribution in [-0.4, -0.2) is 49.1 Å². The Balaban J connectivity index is 2.11. The van der Waals surface area contributed by atoms with E-state index in [1.54, 1.807) is 19.0 Å². The number of nitrogens with one attached hydrogen (secondary N) is 1. The normalized spacial score (nSPS) is 23.0. The lowest BCUT2D eigenvalue weighted by atomic mass is 9.96. The second-order valence-corrected chi connectivity index (χ2v) is 5.23. The third kappa shape index (κ3) is 4.64. The van der Waals surface area contributed by atoms with Crippen LogP contribution in [0.3, 0.4) is 0 Å². The number of carboxylic acid groups (broad SMARTS) is 1. The zero-order valence-corrected chi connectivity index (χ0v) is 11.3. The predicted octanol–water partition coefficient (Wildman–Crippen LogP) is 0.945. The van der Waals surface area contributed by atoms with Crippen LogP contribution in [0.15, 0.2) is 0 Å². The van der Waals surface area contributed by atoms with Gasteiger partial charge in [-0.25, -0.2) is 0 Å². The first kappa shape index (κ1) is 15.0. The van der Waals surface area contributed by atoms with E-state index in [1.807, 2.05) is 0 Å². The van der Waals surface area contributed by atoms with Crippen LogP contribution in [0.5, 0.6) is 0 Å². The number of carboxylic acids is 1. The van der Waals surface area contributed by atoms with Crippen molar-refractivity contribution in [3.8, 4) is 0 Å². The first-order valence-electron chi connectivity index (χ1n) is 6.66. The molecule has 2 unspecified atom stereocenters. The molecule has 2 N–H and O–H groups in total. The van der Waals surface area contributed by atoms with Gasteiger partial charge in [0.1, 0.15) is 0 Å². The summed E-state index contributed by atoms with van der Waals surface area (Å²) in [6, 6.07) is 0. The van der Waals surface area contributed by atoms with E-state index in [1.165, 1.54) is 0 Å². The van der Waals surface area contributed by atoms with Gasteiger partial charge in [0.2, 0.25) is 5.91 Å². The van der Waals surface area contributed by atoms with Crippen LogP contribution in [0.25, 0.3) is 0 Å². The van der Waals surface area contributed by atoms with Crippen molar-refractivity contribution in [2.45, 2.75) is 32.1 Å². The summed E-state index contributed by atoms with van der Waals surface area (Å²) in [5.74, 6) is -0.448. The molecule has 0 aromatic carbocycles. The van der Waals surface area contributed by atoms with Crippen LogP contribution in [-0.2, 0) is 9.59 Å². The van der Waals surface area contributed by atoms with Gasteiger partial charge in [-0.2, -0.15) is 0 Å². The van der Waals surface area contributed by atoms with E-state index in [0.717, 1.165) is 38.8 Å². The Morgan fingerprint density at radius 2 is 2.06 bits per heavy atom. The summed E-state index contributed by atoms with van der Waals surface area (Å²) in [4.78, 5) is 23.9. The van der Waals surface area contributed by atoms with Crippen LogP contribution < -0.4 is 5.32 Å². The summed E-state index contributed by atoms with van der Waals surface area (Å²) in [7, 11) is 3.51. The molecule has 5 nitrogen and oxygen atoms in total. The number of hydrogen-bond donors (Lipinski definition) is 2. The topological polar surface area (TPSA) is 69.6 Å². The molecular weight excluding hydrogens is 232 g/mol. The molecule has 0 aliphatic heterocycles. The lowest BCUT2D eigenvalue weighted by molar-refractivity contribution is -0.142. The number of aliphatic carboxylic acids is 1. The van der Waals surface area contributed by atoms with E-state index in [0.29, 0.717) is 6.42 Å². The number of amides is 1. The SMILES string of the molecule is CN(C)C(=O)CCCNCC1CCCC1C(=O)O. The second kappa shape index (κ2) is 7.36. The van der Waals surface area contributed by atoms with E-state index in [9.17, 15) is 9.59 Å². The van der Waals surface area contributed by atoms with Crippen molar-refractivity contribution >= 4 is 11.9 Å². The molecule has 0 aromatic rings. The Morgan fingerprint density at radius 3 is 2.67 bits per heavy atom. The smallest absolute Gasteiger partial charge is 0.306 e. The van der Waals surface area contributed by atoms with Crippen molar-refractivity contribution in [1.29, 1.82) is 0 Å². The Kier molecular flexibility index (Phi) is 6.12. The molecular formula is C13H24N2O3. The molecule has 1 rings (SSSR count). The number of rotatable bonds is 7. The lowest BCUT2D eigenvalue weighted by Crippen LogP contribution is -2.30. The zero-order chi connectivity index (χ0) is 13.5. The van der Waals surface area contributed by atoms with Crippen molar-refractivity contribution < 1.29 is 14.7 Å². The second-order valence-electron chi connectivity index (χ2n) is 5.23. The summed E-state index contributed by atoms with van der Waals surface area (Å²) in [5.41, 5.74) is 0. The highest BCUT2D eigenvalue weighted by Crippen LogP contribution is 2.31. The van der Waals surface area contributed by atoms with Gasteiger partial charge < -0.3 is 15.3 Å². The standard InChI is InChI=1S/C13H24N2O3/c1-15(2)12(16)7-4-8-14-9-10-5-3-6-11(10)13(17)18/h10-11,14H,3-9H2,1-2H3,(H,17,18). The molecule has 1 saturated carbocycles. The molecule has 1 fully saturated rings. The van der Waals surface area contributed by atoms with E-state index in [-0.39, 0.29) is 17.7 Å². The average Bonchev–Trinajstić information content (AvgIpc) is 2.76. The molecule has 0 bridgehead atoms. The molecule has 18 heavy (non-hydrogen) atoms. The van der Waals surface area contributed by atoms with Crippen LogP contribution in [0.1, 0.15) is 32.1 Å². The summed E-state index contributed by atoms with van der Waals surface area (Å²) in [5, 5.41) is 12.3. The molecule has 1 amide bonds. The molecule has 0 spiro atoms. The van der Waals surface area contributed by atoms with Gasteiger partial charge in [0.25, 0.3) is 0 Å². The van der Waals surface area contributed by atoms with Crippen molar-refractivity contribution in [2.75, 3.05) is 27.2 Å². The van der Waals surface area contributed by atoms with Crippen molar-refractivity contribution in [3.63, 3.8) is 0 Å². The Hall–Kier alpha value is -1.10. The van der Waals surface area contributed by atoms with Gasteiger partial charge in [0.05, 0.1) is 5.92 Å². The molecule has 0 aromatic heterocycles. The molecule has 5 heteroatoms. The maximum absolute atomic E-state index is 11.3. The molecule has 0 radical (unpaired) electrons. The third-order valence-electron chi connectivity index (χ3n) is 3.63. The number of carbonyl (C=O) groups is 2. The monoisotopic (exact) mass is 256 g/mol. The predicted molar refractivity (Wildman–Crippen MR) is 69.3 cm³/mol. The number of hydrogen-bond acceptors (Lipinski definition) is 3. The number of carbonyl (C=O) groups excluding carboxylic acids is 1. The van der Waals surface area contributed by atoms with Gasteiger partial charge in [0.15, 0.2) is 0 Å². The molecule has 1 aliphatic rings. The van der Waals surface area contributed by atoms with Gasteiger partial charge in [-0.1, -0.05) is 6.42 Å². The minimum atomic E-state index is -0.665.